The Bertz CT molecular complexity index is 333. The Hall–Kier alpha value is -0.870. The van der Waals surface area contributed by atoms with Gasteiger partial charge in [-0.05, 0) is 19.8 Å². The SMILES string of the molecule is CCc1c(Cl)ncnc1NC(C)CCOC. The van der Waals surface area contributed by atoms with Gasteiger partial charge in [0.05, 0.1) is 0 Å². The molecule has 0 amide bonds. The molecule has 1 atom stereocenters. The molecule has 0 aromatic carbocycles. The fourth-order valence-electron chi connectivity index (χ4n) is 1.43. The summed E-state index contributed by atoms with van der Waals surface area (Å²) < 4.78 is 5.03. The molecule has 1 heterocycles. The summed E-state index contributed by atoms with van der Waals surface area (Å²) in [4.78, 5) is 8.18. The Kier molecular flexibility index (Phi) is 5.49. The van der Waals surface area contributed by atoms with E-state index >= 15 is 0 Å². The minimum absolute atomic E-state index is 0.302. The van der Waals surface area contributed by atoms with Crippen LogP contribution in [0, 0.1) is 0 Å². The van der Waals surface area contributed by atoms with Crippen molar-refractivity contribution in [3.05, 3.63) is 17.0 Å². The molecular weight excluding hydrogens is 226 g/mol. The van der Waals surface area contributed by atoms with Crippen LogP contribution >= 0.6 is 11.6 Å². The highest BCUT2D eigenvalue weighted by Crippen LogP contribution is 2.20. The number of rotatable bonds is 6. The zero-order valence-electron chi connectivity index (χ0n) is 9.96. The normalized spacial score (nSPS) is 12.5. The van der Waals surface area contributed by atoms with E-state index < -0.39 is 0 Å². The third-order valence-electron chi connectivity index (χ3n) is 2.38. The van der Waals surface area contributed by atoms with Crippen LogP contribution in [0.5, 0.6) is 0 Å². The Morgan fingerprint density at radius 1 is 1.50 bits per heavy atom. The summed E-state index contributed by atoms with van der Waals surface area (Å²) in [5.41, 5.74) is 0.966. The number of methoxy groups -OCH3 is 1. The molecule has 5 heteroatoms. The maximum Gasteiger partial charge on any atom is 0.137 e. The van der Waals surface area contributed by atoms with Crippen LogP contribution in [-0.4, -0.2) is 29.7 Å². The van der Waals surface area contributed by atoms with Crippen LogP contribution in [0.25, 0.3) is 0 Å². The van der Waals surface area contributed by atoms with Crippen LogP contribution in [0.2, 0.25) is 5.15 Å². The minimum atomic E-state index is 0.302. The molecule has 0 fully saturated rings. The predicted octanol–water partition coefficient (Wildman–Crippen LogP) is 2.53. The van der Waals surface area contributed by atoms with Crippen LogP contribution < -0.4 is 5.32 Å². The second kappa shape index (κ2) is 6.66. The van der Waals surface area contributed by atoms with Crippen LogP contribution in [0.15, 0.2) is 6.33 Å². The first kappa shape index (κ1) is 13.2. The molecular formula is C11H18ClN3O. The molecule has 0 saturated heterocycles. The second-order valence-corrected chi connectivity index (χ2v) is 4.03. The quantitative estimate of drug-likeness (QED) is 0.780. The smallest absolute Gasteiger partial charge is 0.137 e. The summed E-state index contributed by atoms with van der Waals surface area (Å²) in [6.07, 6.45) is 3.23. The first-order valence-electron chi connectivity index (χ1n) is 5.43. The molecule has 0 spiro atoms. The number of hydrogen-bond acceptors (Lipinski definition) is 4. The highest BCUT2D eigenvalue weighted by Gasteiger charge is 2.10. The Balaban J connectivity index is 2.69. The van der Waals surface area contributed by atoms with Crippen molar-refractivity contribution in [3.8, 4) is 0 Å². The minimum Gasteiger partial charge on any atom is -0.385 e. The molecule has 90 valence electrons. The van der Waals surface area contributed by atoms with Crippen LogP contribution in [0.4, 0.5) is 5.82 Å². The lowest BCUT2D eigenvalue weighted by Crippen LogP contribution is -2.19. The van der Waals surface area contributed by atoms with Crippen LogP contribution in [-0.2, 0) is 11.2 Å². The lowest BCUT2D eigenvalue weighted by atomic mass is 10.2. The van der Waals surface area contributed by atoms with Crippen molar-refractivity contribution in [1.29, 1.82) is 0 Å². The molecule has 0 aliphatic carbocycles. The number of aromatic nitrogens is 2. The number of ether oxygens (including phenoxy) is 1. The zero-order chi connectivity index (χ0) is 12.0. The third-order valence-corrected chi connectivity index (χ3v) is 2.71. The number of halogens is 1. The average molecular weight is 244 g/mol. The molecule has 1 N–H and O–H groups in total. The van der Waals surface area contributed by atoms with Crippen molar-refractivity contribution in [2.75, 3.05) is 19.0 Å². The molecule has 0 aliphatic rings. The molecule has 1 unspecified atom stereocenters. The van der Waals surface area contributed by atoms with Gasteiger partial charge in [0.2, 0.25) is 0 Å². The van der Waals surface area contributed by atoms with E-state index in [9.17, 15) is 0 Å². The standard InChI is InChI=1S/C11H18ClN3O/c1-4-9-10(12)13-7-14-11(9)15-8(2)5-6-16-3/h7-8H,4-6H2,1-3H3,(H,13,14,15). The molecule has 16 heavy (non-hydrogen) atoms. The summed E-state index contributed by atoms with van der Waals surface area (Å²) in [6.45, 7) is 4.86. The van der Waals surface area contributed by atoms with E-state index in [0.29, 0.717) is 11.2 Å². The highest BCUT2D eigenvalue weighted by molar-refractivity contribution is 6.30. The van der Waals surface area contributed by atoms with E-state index in [0.717, 1.165) is 30.8 Å². The largest absolute Gasteiger partial charge is 0.385 e. The highest BCUT2D eigenvalue weighted by atomic mass is 35.5. The lowest BCUT2D eigenvalue weighted by Gasteiger charge is -2.16. The summed E-state index contributed by atoms with van der Waals surface area (Å²) in [5, 5.41) is 3.85. The third kappa shape index (κ3) is 3.61. The van der Waals surface area contributed by atoms with E-state index in [1.54, 1.807) is 7.11 Å². The zero-order valence-corrected chi connectivity index (χ0v) is 10.7. The van der Waals surface area contributed by atoms with Crippen molar-refractivity contribution in [1.82, 2.24) is 9.97 Å². The molecule has 4 nitrogen and oxygen atoms in total. The van der Waals surface area contributed by atoms with E-state index in [1.807, 2.05) is 6.92 Å². The number of nitrogens with zero attached hydrogens (tertiary/aromatic N) is 2. The average Bonchev–Trinajstić information content (AvgIpc) is 2.27. The summed E-state index contributed by atoms with van der Waals surface area (Å²) in [6, 6.07) is 0.302. The van der Waals surface area contributed by atoms with Gasteiger partial charge >= 0.3 is 0 Å². The van der Waals surface area contributed by atoms with Crippen molar-refractivity contribution in [2.45, 2.75) is 32.7 Å². The van der Waals surface area contributed by atoms with Gasteiger partial charge in [-0.1, -0.05) is 18.5 Å². The van der Waals surface area contributed by atoms with E-state index in [1.165, 1.54) is 6.33 Å². The predicted molar refractivity (Wildman–Crippen MR) is 66.0 cm³/mol. The van der Waals surface area contributed by atoms with Gasteiger partial charge in [0.1, 0.15) is 17.3 Å². The van der Waals surface area contributed by atoms with Crippen molar-refractivity contribution in [2.24, 2.45) is 0 Å². The number of anilines is 1. The second-order valence-electron chi connectivity index (χ2n) is 3.67. The Morgan fingerprint density at radius 3 is 2.88 bits per heavy atom. The Labute approximate surface area is 101 Å². The molecule has 1 rings (SSSR count). The maximum atomic E-state index is 6.00. The van der Waals surface area contributed by atoms with Crippen molar-refractivity contribution >= 4 is 17.4 Å². The topological polar surface area (TPSA) is 47.0 Å². The molecule has 0 bridgehead atoms. The maximum absolute atomic E-state index is 6.00. The van der Waals surface area contributed by atoms with E-state index in [4.69, 9.17) is 16.3 Å². The summed E-state index contributed by atoms with van der Waals surface area (Å²) in [5.74, 6) is 0.825. The molecule has 0 aliphatic heterocycles. The van der Waals surface area contributed by atoms with Gasteiger partial charge in [0.25, 0.3) is 0 Å². The van der Waals surface area contributed by atoms with Gasteiger partial charge in [0.15, 0.2) is 0 Å². The van der Waals surface area contributed by atoms with Gasteiger partial charge in [-0.15, -0.1) is 0 Å². The van der Waals surface area contributed by atoms with Gasteiger partial charge in [-0.3, -0.25) is 0 Å². The van der Waals surface area contributed by atoms with E-state index in [2.05, 4.69) is 22.2 Å². The van der Waals surface area contributed by atoms with Gasteiger partial charge in [0, 0.05) is 25.3 Å². The fourth-order valence-corrected chi connectivity index (χ4v) is 1.70. The molecule has 0 saturated carbocycles. The van der Waals surface area contributed by atoms with Crippen molar-refractivity contribution in [3.63, 3.8) is 0 Å². The first-order valence-corrected chi connectivity index (χ1v) is 5.81. The van der Waals surface area contributed by atoms with Gasteiger partial charge in [-0.2, -0.15) is 0 Å². The summed E-state index contributed by atoms with van der Waals surface area (Å²) >= 11 is 6.00. The van der Waals surface area contributed by atoms with E-state index in [-0.39, 0.29) is 0 Å². The van der Waals surface area contributed by atoms with Gasteiger partial charge in [-0.25, -0.2) is 9.97 Å². The molecule has 1 aromatic rings. The van der Waals surface area contributed by atoms with Crippen molar-refractivity contribution < 1.29 is 4.74 Å². The van der Waals surface area contributed by atoms with Gasteiger partial charge < -0.3 is 10.1 Å². The molecule has 0 radical (unpaired) electrons. The molecule has 1 aromatic heterocycles. The lowest BCUT2D eigenvalue weighted by molar-refractivity contribution is 0.191. The number of hydrogen-bond donors (Lipinski definition) is 1. The Morgan fingerprint density at radius 2 is 2.25 bits per heavy atom. The number of nitrogens with one attached hydrogen (secondary N) is 1. The summed E-state index contributed by atoms with van der Waals surface area (Å²) in [7, 11) is 1.70. The monoisotopic (exact) mass is 243 g/mol. The fraction of sp³-hybridized carbons (Fsp3) is 0.636. The van der Waals surface area contributed by atoms with Crippen LogP contribution in [0.3, 0.4) is 0 Å². The van der Waals surface area contributed by atoms with Crippen LogP contribution in [0.1, 0.15) is 25.8 Å². The first-order chi connectivity index (χ1) is 7.69.